The molecule has 1 saturated heterocycles. The molecule has 0 atom stereocenters. The number of carbonyl (C=O) groups excluding carboxylic acids is 1. The largest absolute Gasteiger partial charge is 0.336 e. The van der Waals surface area contributed by atoms with Crippen LogP contribution in [0, 0.1) is 0 Å². The smallest absolute Gasteiger partial charge is 0.254 e. The van der Waals surface area contributed by atoms with E-state index in [4.69, 9.17) is 16.6 Å². The van der Waals surface area contributed by atoms with E-state index in [1.165, 1.54) is 5.56 Å². The van der Waals surface area contributed by atoms with Gasteiger partial charge in [0.15, 0.2) is 0 Å². The average molecular weight is 468 g/mol. The van der Waals surface area contributed by atoms with Gasteiger partial charge >= 0.3 is 0 Å². The fraction of sp³-hybridized carbons (Fsp3) is 0.172. The molecule has 0 bridgehead atoms. The number of pyridine rings is 1. The summed E-state index contributed by atoms with van der Waals surface area (Å²) in [7, 11) is 0. The van der Waals surface area contributed by atoms with Crippen LogP contribution in [0.15, 0.2) is 91.0 Å². The number of rotatable bonds is 5. The first-order chi connectivity index (χ1) is 16.7. The van der Waals surface area contributed by atoms with Gasteiger partial charge in [0.2, 0.25) is 0 Å². The van der Waals surface area contributed by atoms with Gasteiger partial charge in [0.1, 0.15) is 0 Å². The summed E-state index contributed by atoms with van der Waals surface area (Å²) in [6, 6.07) is 27.7. The highest BCUT2D eigenvalue weighted by Gasteiger charge is 2.24. The minimum absolute atomic E-state index is 0.0568. The van der Waals surface area contributed by atoms with Crippen LogP contribution in [-0.2, 0) is 0 Å². The number of hydrogen-bond acceptors (Lipinski definition) is 3. The van der Waals surface area contributed by atoms with Gasteiger partial charge in [-0.15, -0.1) is 0 Å². The number of piperazine rings is 1. The van der Waals surface area contributed by atoms with Crippen LogP contribution >= 0.6 is 11.6 Å². The molecule has 1 fully saturated rings. The van der Waals surface area contributed by atoms with Crippen molar-refractivity contribution in [3.63, 3.8) is 0 Å². The van der Waals surface area contributed by atoms with Crippen LogP contribution in [0.1, 0.15) is 15.9 Å². The van der Waals surface area contributed by atoms with Gasteiger partial charge in [-0.05, 0) is 29.8 Å². The highest BCUT2D eigenvalue weighted by atomic mass is 35.5. The van der Waals surface area contributed by atoms with Crippen molar-refractivity contribution >= 4 is 34.5 Å². The quantitative estimate of drug-likeness (QED) is 0.359. The van der Waals surface area contributed by atoms with E-state index < -0.39 is 0 Å². The normalized spacial score (nSPS) is 14.7. The molecule has 34 heavy (non-hydrogen) atoms. The Labute approximate surface area is 205 Å². The Hall–Kier alpha value is -3.47. The summed E-state index contributed by atoms with van der Waals surface area (Å²) in [6.07, 6.45) is 4.35. The molecule has 5 rings (SSSR count). The van der Waals surface area contributed by atoms with Crippen LogP contribution < -0.4 is 0 Å². The van der Waals surface area contributed by atoms with Crippen molar-refractivity contribution < 1.29 is 4.79 Å². The number of fused-ring (bicyclic) bond motifs is 1. The Kier molecular flexibility index (Phi) is 6.70. The minimum Gasteiger partial charge on any atom is -0.336 e. The van der Waals surface area contributed by atoms with Gasteiger partial charge in [-0.2, -0.15) is 0 Å². The molecular formula is C29H26ClN3O. The molecule has 5 heteroatoms. The number of halogens is 1. The zero-order chi connectivity index (χ0) is 23.3. The van der Waals surface area contributed by atoms with Crippen molar-refractivity contribution in [2.45, 2.75) is 0 Å². The third kappa shape index (κ3) is 5.04. The van der Waals surface area contributed by atoms with E-state index >= 15 is 0 Å². The number of aromatic nitrogens is 1. The highest BCUT2D eigenvalue weighted by molar-refractivity contribution is 6.30. The van der Waals surface area contributed by atoms with Gasteiger partial charge in [0.25, 0.3) is 5.91 Å². The number of carbonyl (C=O) groups is 1. The van der Waals surface area contributed by atoms with Crippen molar-refractivity contribution in [2.24, 2.45) is 0 Å². The zero-order valence-corrected chi connectivity index (χ0v) is 19.7. The molecule has 4 nitrogen and oxygen atoms in total. The maximum absolute atomic E-state index is 13.6. The van der Waals surface area contributed by atoms with E-state index in [1.54, 1.807) is 0 Å². The molecule has 0 radical (unpaired) electrons. The second kappa shape index (κ2) is 10.2. The highest BCUT2D eigenvalue weighted by Crippen LogP contribution is 2.27. The summed E-state index contributed by atoms with van der Waals surface area (Å²) in [5.74, 6) is 0.0568. The van der Waals surface area contributed by atoms with Crippen LogP contribution in [0.4, 0.5) is 0 Å². The first-order valence-corrected chi connectivity index (χ1v) is 11.9. The van der Waals surface area contributed by atoms with E-state index in [1.807, 2.05) is 77.7 Å². The monoisotopic (exact) mass is 467 g/mol. The van der Waals surface area contributed by atoms with Crippen molar-refractivity contribution in [1.29, 1.82) is 0 Å². The fourth-order valence-electron chi connectivity index (χ4n) is 4.35. The predicted molar refractivity (Wildman–Crippen MR) is 140 cm³/mol. The molecule has 2 heterocycles. The first-order valence-electron chi connectivity index (χ1n) is 11.6. The maximum atomic E-state index is 13.6. The van der Waals surface area contributed by atoms with Gasteiger partial charge in [-0.25, -0.2) is 4.98 Å². The standard InChI is InChI=1S/C29H26ClN3O/c30-24-12-6-11-23(20-24)28-21-26(25-13-4-5-14-27(25)31-28)29(34)33-18-16-32(17-19-33)15-7-10-22-8-2-1-3-9-22/h1-14,20-21H,15-19H2. The summed E-state index contributed by atoms with van der Waals surface area (Å²) in [5.41, 5.74) is 4.37. The second-order valence-electron chi connectivity index (χ2n) is 8.49. The van der Waals surface area contributed by atoms with Gasteiger partial charge in [-0.1, -0.05) is 84.4 Å². The number of amides is 1. The van der Waals surface area contributed by atoms with Gasteiger partial charge in [0, 0.05) is 48.7 Å². The maximum Gasteiger partial charge on any atom is 0.254 e. The number of para-hydroxylation sites is 1. The molecule has 1 aromatic heterocycles. The average Bonchev–Trinajstić information content (AvgIpc) is 2.89. The number of benzene rings is 3. The Balaban J connectivity index is 1.32. The van der Waals surface area contributed by atoms with E-state index in [-0.39, 0.29) is 5.91 Å². The summed E-state index contributed by atoms with van der Waals surface area (Å²) in [6.45, 7) is 4.01. The van der Waals surface area contributed by atoms with Crippen LogP contribution in [-0.4, -0.2) is 53.4 Å². The SMILES string of the molecule is O=C(c1cc(-c2cccc(Cl)c2)nc2ccccc12)N1CCN(CC=Cc2ccccc2)CC1. The zero-order valence-electron chi connectivity index (χ0n) is 18.9. The van der Waals surface area contributed by atoms with Crippen LogP contribution in [0.3, 0.4) is 0 Å². The van der Waals surface area contributed by atoms with Crippen molar-refractivity contribution in [3.05, 3.63) is 107 Å². The number of hydrogen-bond donors (Lipinski definition) is 0. The summed E-state index contributed by atoms with van der Waals surface area (Å²) in [5, 5.41) is 1.53. The van der Waals surface area contributed by atoms with Crippen molar-refractivity contribution in [1.82, 2.24) is 14.8 Å². The third-order valence-corrected chi connectivity index (χ3v) is 6.44. The molecule has 0 unspecified atom stereocenters. The molecule has 0 aliphatic carbocycles. The molecule has 1 aliphatic heterocycles. The Morgan fingerprint density at radius 3 is 2.44 bits per heavy atom. The molecule has 170 valence electrons. The first kappa shape index (κ1) is 22.3. The molecule has 0 N–H and O–H groups in total. The Morgan fingerprint density at radius 2 is 1.65 bits per heavy atom. The number of nitrogens with zero attached hydrogens (tertiary/aromatic N) is 3. The fourth-order valence-corrected chi connectivity index (χ4v) is 4.54. The van der Waals surface area contributed by atoms with E-state index in [9.17, 15) is 4.79 Å². The molecule has 1 aliphatic rings. The van der Waals surface area contributed by atoms with Gasteiger partial charge in [-0.3, -0.25) is 9.69 Å². The van der Waals surface area contributed by atoms with Crippen molar-refractivity contribution in [3.8, 4) is 11.3 Å². The lowest BCUT2D eigenvalue weighted by molar-refractivity contribution is 0.0652. The summed E-state index contributed by atoms with van der Waals surface area (Å²) in [4.78, 5) is 22.7. The predicted octanol–water partition coefficient (Wildman–Crippen LogP) is 6.03. The van der Waals surface area contributed by atoms with Crippen LogP contribution in [0.2, 0.25) is 5.02 Å². The second-order valence-corrected chi connectivity index (χ2v) is 8.92. The minimum atomic E-state index is 0.0568. The lowest BCUT2D eigenvalue weighted by Crippen LogP contribution is -2.48. The van der Waals surface area contributed by atoms with Crippen LogP contribution in [0.25, 0.3) is 28.2 Å². The van der Waals surface area contributed by atoms with E-state index in [2.05, 4.69) is 29.2 Å². The van der Waals surface area contributed by atoms with E-state index in [0.717, 1.165) is 41.8 Å². The third-order valence-electron chi connectivity index (χ3n) is 6.20. The molecule has 0 saturated carbocycles. The Morgan fingerprint density at radius 1 is 0.882 bits per heavy atom. The Bertz CT molecular complexity index is 1330. The lowest BCUT2D eigenvalue weighted by atomic mass is 10.0. The van der Waals surface area contributed by atoms with Crippen LogP contribution in [0.5, 0.6) is 0 Å². The topological polar surface area (TPSA) is 36.4 Å². The molecule has 1 amide bonds. The lowest BCUT2D eigenvalue weighted by Gasteiger charge is -2.34. The molecule has 0 spiro atoms. The summed E-state index contributed by atoms with van der Waals surface area (Å²) >= 11 is 6.21. The van der Waals surface area contributed by atoms with E-state index in [0.29, 0.717) is 23.7 Å². The summed E-state index contributed by atoms with van der Waals surface area (Å²) < 4.78 is 0. The molecule has 4 aromatic rings. The molecular weight excluding hydrogens is 442 g/mol. The van der Waals surface area contributed by atoms with Crippen molar-refractivity contribution in [2.75, 3.05) is 32.7 Å². The van der Waals surface area contributed by atoms with Gasteiger partial charge < -0.3 is 4.90 Å². The molecule has 3 aromatic carbocycles. The van der Waals surface area contributed by atoms with Gasteiger partial charge in [0.05, 0.1) is 16.8 Å².